The van der Waals surface area contributed by atoms with Crippen LogP contribution in [0.2, 0.25) is 0 Å². The summed E-state index contributed by atoms with van der Waals surface area (Å²) in [6.45, 7) is 2.12. The van der Waals surface area contributed by atoms with Gasteiger partial charge in [0.1, 0.15) is 5.69 Å². The fraction of sp³-hybridized carbons (Fsp3) is 0.143. The Morgan fingerprint density at radius 1 is 1.17 bits per heavy atom. The SMILES string of the molecule is CCOC(=O)c1ccc(Nc2ccccc2)cn1. The minimum Gasteiger partial charge on any atom is -0.461 e. The fourth-order valence-electron chi connectivity index (χ4n) is 1.48. The van der Waals surface area contributed by atoms with Crippen molar-refractivity contribution in [1.82, 2.24) is 4.98 Å². The van der Waals surface area contributed by atoms with Gasteiger partial charge in [0.2, 0.25) is 0 Å². The van der Waals surface area contributed by atoms with Gasteiger partial charge in [0.05, 0.1) is 18.5 Å². The maximum Gasteiger partial charge on any atom is 0.356 e. The number of esters is 1. The Morgan fingerprint density at radius 3 is 2.56 bits per heavy atom. The molecule has 0 radical (unpaired) electrons. The second-order valence-electron chi connectivity index (χ2n) is 3.64. The third-order valence-electron chi connectivity index (χ3n) is 2.31. The van der Waals surface area contributed by atoms with Gasteiger partial charge in [-0.05, 0) is 31.2 Å². The number of rotatable bonds is 4. The molecule has 2 rings (SSSR count). The first-order chi connectivity index (χ1) is 8.79. The first kappa shape index (κ1) is 12.1. The van der Waals surface area contributed by atoms with Crippen molar-refractivity contribution in [2.45, 2.75) is 6.92 Å². The van der Waals surface area contributed by atoms with Gasteiger partial charge < -0.3 is 10.1 Å². The largest absolute Gasteiger partial charge is 0.461 e. The average molecular weight is 242 g/mol. The molecule has 92 valence electrons. The van der Waals surface area contributed by atoms with Gasteiger partial charge in [0.25, 0.3) is 0 Å². The average Bonchev–Trinajstić information content (AvgIpc) is 2.41. The molecule has 18 heavy (non-hydrogen) atoms. The van der Waals surface area contributed by atoms with Crippen LogP contribution in [-0.2, 0) is 4.74 Å². The third kappa shape index (κ3) is 3.07. The van der Waals surface area contributed by atoms with Crippen LogP contribution in [-0.4, -0.2) is 17.6 Å². The molecule has 1 aromatic heterocycles. The lowest BCUT2D eigenvalue weighted by Gasteiger charge is -2.06. The molecule has 1 heterocycles. The Labute approximate surface area is 106 Å². The quantitative estimate of drug-likeness (QED) is 0.837. The van der Waals surface area contributed by atoms with Crippen LogP contribution in [0.4, 0.5) is 11.4 Å². The van der Waals surface area contributed by atoms with Crippen LogP contribution >= 0.6 is 0 Å². The molecular formula is C14H14N2O2. The number of nitrogens with zero attached hydrogens (tertiary/aromatic N) is 1. The second-order valence-corrected chi connectivity index (χ2v) is 3.64. The molecule has 1 N–H and O–H groups in total. The Balaban J connectivity index is 2.06. The normalized spacial score (nSPS) is 9.83. The van der Waals surface area contributed by atoms with Crippen molar-refractivity contribution in [3.63, 3.8) is 0 Å². The molecule has 0 saturated heterocycles. The number of pyridine rings is 1. The molecule has 0 atom stereocenters. The molecule has 2 aromatic rings. The van der Waals surface area contributed by atoms with E-state index < -0.39 is 5.97 Å². The third-order valence-corrected chi connectivity index (χ3v) is 2.31. The summed E-state index contributed by atoms with van der Waals surface area (Å²) >= 11 is 0. The second kappa shape index (κ2) is 5.82. The van der Waals surface area contributed by atoms with E-state index in [0.29, 0.717) is 12.3 Å². The minimum atomic E-state index is -0.399. The molecule has 0 spiro atoms. The predicted molar refractivity (Wildman–Crippen MR) is 69.9 cm³/mol. The summed E-state index contributed by atoms with van der Waals surface area (Å²) in [7, 11) is 0. The molecule has 1 aromatic carbocycles. The first-order valence-electron chi connectivity index (χ1n) is 5.75. The molecule has 0 unspecified atom stereocenters. The van der Waals surface area contributed by atoms with Gasteiger partial charge >= 0.3 is 5.97 Å². The van der Waals surface area contributed by atoms with Crippen molar-refractivity contribution in [2.75, 3.05) is 11.9 Å². The first-order valence-corrected chi connectivity index (χ1v) is 5.75. The zero-order chi connectivity index (χ0) is 12.8. The maximum atomic E-state index is 11.4. The molecule has 0 aliphatic heterocycles. The lowest BCUT2D eigenvalue weighted by molar-refractivity contribution is 0.0519. The van der Waals surface area contributed by atoms with E-state index in [9.17, 15) is 4.79 Å². The van der Waals surface area contributed by atoms with Gasteiger partial charge in [-0.15, -0.1) is 0 Å². The molecule has 4 nitrogen and oxygen atoms in total. The van der Waals surface area contributed by atoms with Crippen LogP contribution in [0, 0.1) is 0 Å². The van der Waals surface area contributed by atoms with E-state index in [0.717, 1.165) is 11.4 Å². The van der Waals surface area contributed by atoms with Gasteiger partial charge in [0.15, 0.2) is 0 Å². The molecule has 0 aliphatic rings. The fourth-order valence-corrected chi connectivity index (χ4v) is 1.48. The van der Waals surface area contributed by atoms with Crippen LogP contribution in [0.1, 0.15) is 17.4 Å². The van der Waals surface area contributed by atoms with Crippen LogP contribution in [0.25, 0.3) is 0 Å². The van der Waals surface area contributed by atoms with Crippen LogP contribution in [0.3, 0.4) is 0 Å². The maximum absolute atomic E-state index is 11.4. The number of hydrogen-bond donors (Lipinski definition) is 1. The van der Waals surface area contributed by atoms with E-state index in [1.54, 1.807) is 25.3 Å². The van der Waals surface area contributed by atoms with Crippen molar-refractivity contribution < 1.29 is 9.53 Å². The smallest absolute Gasteiger partial charge is 0.356 e. The van der Waals surface area contributed by atoms with E-state index in [2.05, 4.69) is 10.3 Å². The summed E-state index contributed by atoms with van der Waals surface area (Å²) in [4.78, 5) is 15.5. The summed E-state index contributed by atoms with van der Waals surface area (Å²) in [6, 6.07) is 13.2. The molecule has 0 bridgehead atoms. The van der Waals surface area contributed by atoms with Gasteiger partial charge in [-0.2, -0.15) is 0 Å². The van der Waals surface area contributed by atoms with Crippen molar-refractivity contribution in [3.05, 3.63) is 54.4 Å². The Hall–Kier alpha value is -2.36. The molecule has 0 fully saturated rings. The van der Waals surface area contributed by atoms with E-state index in [1.165, 1.54) is 0 Å². The molecule has 0 aliphatic carbocycles. The summed E-state index contributed by atoms with van der Waals surface area (Å²) in [5, 5.41) is 3.19. The topological polar surface area (TPSA) is 51.2 Å². The van der Waals surface area contributed by atoms with Gasteiger partial charge in [-0.3, -0.25) is 0 Å². The summed E-state index contributed by atoms with van der Waals surface area (Å²) in [5.41, 5.74) is 2.12. The van der Waals surface area contributed by atoms with Gasteiger partial charge in [0, 0.05) is 5.69 Å². The zero-order valence-corrected chi connectivity index (χ0v) is 10.1. The van der Waals surface area contributed by atoms with Crippen molar-refractivity contribution >= 4 is 17.3 Å². The van der Waals surface area contributed by atoms with Crippen molar-refractivity contribution in [2.24, 2.45) is 0 Å². The lowest BCUT2D eigenvalue weighted by Crippen LogP contribution is -2.06. The highest BCUT2D eigenvalue weighted by atomic mass is 16.5. The summed E-state index contributed by atoms with van der Waals surface area (Å²) < 4.78 is 4.86. The number of nitrogens with one attached hydrogen (secondary N) is 1. The zero-order valence-electron chi connectivity index (χ0n) is 10.1. The summed E-state index contributed by atoms with van der Waals surface area (Å²) in [5.74, 6) is -0.399. The van der Waals surface area contributed by atoms with Crippen LogP contribution < -0.4 is 5.32 Å². The number of ether oxygens (including phenoxy) is 1. The Bertz CT molecular complexity index is 509. The lowest BCUT2D eigenvalue weighted by atomic mass is 10.3. The number of aromatic nitrogens is 1. The molecule has 0 amide bonds. The highest BCUT2D eigenvalue weighted by Crippen LogP contribution is 2.15. The number of carbonyl (C=O) groups excluding carboxylic acids is 1. The number of carbonyl (C=O) groups is 1. The number of benzene rings is 1. The Kier molecular flexibility index (Phi) is 3.91. The van der Waals surface area contributed by atoms with Crippen LogP contribution in [0.15, 0.2) is 48.7 Å². The van der Waals surface area contributed by atoms with Crippen molar-refractivity contribution in [1.29, 1.82) is 0 Å². The number of anilines is 2. The predicted octanol–water partition coefficient (Wildman–Crippen LogP) is 3.00. The molecular weight excluding hydrogens is 228 g/mol. The van der Waals surface area contributed by atoms with E-state index in [-0.39, 0.29) is 0 Å². The van der Waals surface area contributed by atoms with Crippen molar-refractivity contribution in [3.8, 4) is 0 Å². The van der Waals surface area contributed by atoms with Crippen LogP contribution in [0.5, 0.6) is 0 Å². The monoisotopic (exact) mass is 242 g/mol. The van der Waals surface area contributed by atoms with E-state index in [1.807, 2.05) is 30.3 Å². The minimum absolute atomic E-state index is 0.315. The molecule has 0 saturated carbocycles. The Morgan fingerprint density at radius 2 is 1.94 bits per heavy atom. The highest BCUT2D eigenvalue weighted by molar-refractivity contribution is 5.87. The number of para-hydroxylation sites is 1. The van der Waals surface area contributed by atoms with Gasteiger partial charge in [-0.1, -0.05) is 18.2 Å². The summed E-state index contributed by atoms with van der Waals surface area (Å²) in [6.07, 6.45) is 1.61. The van der Waals surface area contributed by atoms with E-state index in [4.69, 9.17) is 4.74 Å². The van der Waals surface area contributed by atoms with E-state index >= 15 is 0 Å². The number of hydrogen-bond acceptors (Lipinski definition) is 4. The molecule has 4 heteroatoms. The standard InChI is InChI=1S/C14H14N2O2/c1-2-18-14(17)13-9-8-12(10-15-13)16-11-6-4-3-5-7-11/h3-10,16H,2H2,1H3. The van der Waals surface area contributed by atoms with Gasteiger partial charge in [-0.25, -0.2) is 9.78 Å². The highest BCUT2D eigenvalue weighted by Gasteiger charge is 2.07.